The van der Waals surface area contributed by atoms with Crippen LogP contribution in [0.2, 0.25) is 10.0 Å². The number of H-pyrrole nitrogens is 1. The normalized spacial score (nSPS) is 19.0. The molecule has 2 atom stereocenters. The molecule has 1 fully saturated rings. The highest BCUT2D eigenvalue weighted by Crippen LogP contribution is 2.33. The lowest BCUT2D eigenvalue weighted by Crippen LogP contribution is -2.55. The molecular formula is C20H20Cl2N4O4S. The lowest BCUT2D eigenvalue weighted by atomic mass is 10.0. The number of methoxy groups -OCH3 is 1. The van der Waals surface area contributed by atoms with Gasteiger partial charge in [-0.05, 0) is 25.5 Å². The quantitative estimate of drug-likeness (QED) is 0.507. The van der Waals surface area contributed by atoms with Crippen molar-refractivity contribution in [3.05, 3.63) is 45.2 Å². The molecule has 8 nitrogen and oxygen atoms in total. The van der Waals surface area contributed by atoms with Gasteiger partial charge in [-0.1, -0.05) is 40.6 Å². The van der Waals surface area contributed by atoms with Gasteiger partial charge in [0.2, 0.25) is 0 Å². The molecule has 3 aromatic rings. The third-order valence-electron chi connectivity index (χ3n) is 5.36. The van der Waals surface area contributed by atoms with Crippen molar-refractivity contribution >= 4 is 61.8 Å². The number of carbonyl (C=O) groups excluding carboxylic acids is 1. The molecular weight excluding hydrogens is 463 g/mol. The van der Waals surface area contributed by atoms with Gasteiger partial charge in [0.15, 0.2) is 5.13 Å². The molecule has 11 heteroatoms. The minimum Gasteiger partial charge on any atom is -0.478 e. The largest absolute Gasteiger partial charge is 0.478 e. The molecule has 4 rings (SSSR count). The summed E-state index contributed by atoms with van der Waals surface area (Å²) in [6, 6.07) is 4.84. The Hall–Kier alpha value is -2.33. The third kappa shape index (κ3) is 4.10. The van der Waals surface area contributed by atoms with E-state index >= 15 is 0 Å². The Balaban J connectivity index is 1.50. The Kier molecular flexibility index (Phi) is 6.11. The predicted octanol–water partition coefficient (Wildman–Crippen LogP) is 3.96. The lowest BCUT2D eigenvalue weighted by molar-refractivity contribution is 0.0540. The second kappa shape index (κ2) is 8.66. The van der Waals surface area contributed by atoms with E-state index < -0.39 is 5.97 Å². The third-order valence-corrected chi connectivity index (χ3v) is 7.48. The van der Waals surface area contributed by atoms with Gasteiger partial charge in [-0.15, -0.1) is 0 Å². The van der Waals surface area contributed by atoms with Crippen LogP contribution in [0, 0.1) is 6.92 Å². The number of carboxylic acid groups (broad SMARTS) is 1. The molecule has 3 heterocycles. The summed E-state index contributed by atoms with van der Waals surface area (Å²) in [5.74, 6) is -1.32. The number of thiazole rings is 1. The van der Waals surface area contributed by atoms with Crippen molar-refractivity contribution in [1.82, 2.24) is 15.3 Å². The highest BCUT2D eigenvalue weighted by Gasteiger charge is 2.33. The van der Waals surface area contributed by atoms with Crippen molar-refractivity contribution in [3.8, 4) is 0 Å². The van der Waals surface area contributed by atoms with E-state index in [1.165, 1.54) is 11.3 Å². The Morgan fingerprint density at radius 2 is 2.13 bits per heavy atom. The molecule has 0 unspecified atom stereocenters. The number of benzene rings is 1. The molecule has 1 saturated heterocycles. The van der Waals surface area contributed by atoms with Crippen LogP contribution in [0.3, 0.4) is 0 Å². The number of rotatable bonds is 5. The summed E-state index contributed by atoms with van der Waals surface area (Å²) in [4.78, 5) is 33.8. The first-order valence-corrected chi connectivity index (χ1v) is 11.1. The summed E-state index contributed by atoms with van der Waals surface area (Å²) in [7, 11) is 1.59. The summed E-state index contributed by atoms with van der Waals surface area (Å²) in [5, 5.41) is 13.7. The molecule has 0 radical (unpaired) electrons. The summed E-state index contributed by atoms with van der Waals surface area (Å²) in [6.07, 6.45) is 0.339. The van der Waals surface area contributed by atoms with Gasteiger partial charge in [0.25, 0.3) is 5.91 Å². The molecule has 3 N–H and O–H groups in total. The van der Waals surface area contributed by atoms with Crippen molar-refractivity contribution in [1.29, 1.82) is 0 Å². The number of halogens is 2. The fourth-order valence-corrected chi connectivity index (χ4v) is 5.23. The zero-order valence-corrected chi connectivity index (χ0v) is 19.1. The van der Waals surface area contributed by atoms with E-state index in [1.54, 1.807) is 32.2 Å². The van der Waals surface area contributed by atoms with Crippen molar-refractivity contribution in [3.63, 3.8) is 0 Å². The zero-order chi connectivity index (χ0) is 22.3. The molecule has 0 saturated carbocycles. The van der Waals surface area contributed by atoms with E-state index in [0.717, 1.165) is 5.13 Å². The van der Waals surface area contributed by atoms with E-state index in [4.69, 9.17) is 27.9 Å². The number of hydrogen-bond donors (Lipinski definition) is 3. The van der Waals surface area contributed by atoms with Crippen LogP contribution in [0.25, 0.3) is 10.2 Å². The fourth-order valence-electron chi connectivity index (χ4n) is 3.70. The summed E-state index contributed by atoms with van der Waals surface area (Å²) < 4.78 is 6.29. The number of carboxylic acids is 1. The smallest absolute Gasteiger partial charge is 0.337 e. The fraction of sp³-hybridized carbons (Fsp3) is 0.350. The van der Waals surface area contributed by atoms with E-state index in [1.807, 2.05) is 0 Å². The number of hydrogen-bond acceptors (Lipinski definition) is 6. The zero-order valence-electron chi connectivity index (χ0n) is 16.7. The predicted molar refractivity (Wildman–Crippen MR) is 121 cm³/mol. The van der Waals surface area contributed by atoms with Gasteiger partial charge in [-0.25, -0.2) is 9.78 Å². The number of aromatic amines is 1. The number of piperidine rings is 1. The second-order valence-electron chi connectivity index (χ2n) is 7.30. The minimum atomic E-state index is -0.977. The lowest BCUT2D eigenvalue weighted by Gasteiger charge is -2.37. The van der Waals surface area contributed by atoms with Crippen LogP contribution in [0.1, 0.15) is 33.0 Å². The maximum atomic E-state index is 12.7. The second-order valence-corrected chi connectivity index (χ2v) is 9.03. The molecule has 0 spiro atoms. The standard InChI is InChI=1S/C20H20Cl2N4O4S/c1-9-14(21)15(22)16(23-9)18(27)24-11-6-7-26(8-13(11)30-2)20-25-12-5-3-4-10(19(28)29)17(12)31-20/h3-5,11,13,23H,6-8H2,1-2H3,(H,24,27)(H,28,29)/t11-,13+/m1/s1. The number of nitrogens with one attached hydrogen (secondary N) is 2. The number of fused-ring (bicyclic) bond motifs is 1. The van der Waals surface area contributed by atoms with Crippen molar-refractivity contribution < 1.29 is 19.4 Å². The SMILES string of the molecule is CO[C@H]1CN(c2nc3cccc(C(=O)O)c3s2)CC[C@H]1NC(=O)c1[nH]c(C)c(Cl)c1Cl. The number of aromatic nitrogens is 2. The number of amides is 1. The first-order valence-electron chi connectivity index (χ1n) is 9.55. The highest BCUT2D eigenvalue weighted by molar-refractivity contribution is 7.22. The topological polar surface area (TPSA) is 108 Å². The van der Waals surface area contributed by atoms with Gasteiger partial charge in [-0.2, -0.15) is 0 Å². The summed E-state index contributed by atoms with van der Waals surface area (Å²) in [6.45, 7) is 2.88. The molecule has 164 valence electrons. The number of nitrogens with zero attached hydrogens (tertiary/aromatic N) is 2. The molecule has 1 aromatic carbocycles. The van der Waals surface area contributed by atoms with Crippen LogP contribution < -0.4 is 10.2 Å². The molecule has 31 heavy (non-hydrogen) atoms. The number of ether oxygens (including phenoxy) is 1. The highest BCUT2D eigenvalue weighted by atomic mass is 35.5. The molecule has 1 amide bonds. The van der Waals surface area contributed by atoms with Gasteiger partial charge >= 0.3 is 5.97 Å². The number of carbonyl (C=O) groups is 2. The van der Waals surface area contributed by atoms with Crippen LogP contribution in [0.15, 0.2) is 18.2 Å². The number of aryl methyl sites for hydroxylation is 1. The van der Waals surface area contributed by atoms with E-state index in [9.17, 15) is 14.7 Å². The van der Waals surface area contributed by atoms with E-state index in [0.29, 0.717) is 40.4 Å². The summed E-state index contributed by atoms with van der Waals surface area (Å²) in [5.41, 5.74) is 1.75. The van der Waals surface area contributed by atoms with E-state index in [2.05, 4.69) is 20.2 Å². The maximum absolute atomic E-state index is 12.7. The average molecular weight is 483 g/mol. The average Bonchev–Trinajstić information content (AvgIpc) is 3.30. The first-order chi connectivity index (χ1) is 14.8. The van der Waals surface area contributed by atoms with Crippen LogP contribution in [0.5, 0.6) is 0 Å². The maximum Gasteiger partial charge on any atom is 0.337 e. The monoisotopic (exact) mass is 482 g/mol. The van der Waals surface area contributed by atoms with E-state index in [-0.39, 0.29) is 34.3 Å². The van der Waals surface area contributed by atoms with Gasteiger partial charge in [0.1, 0.15) is 5.69 Å². The van der Waals surface area contributed by atoms with Gasteiger partial charge in [-0.3, -0.25) is 4.79 Å². The van der Waals surface area contributed by atoms with Crippen LogP contribution >= 0.6 is 34.5 Å². The number of anilines is 1. The van der Waals surface area contributed by atoms with Gasteiger partial charge < -0.3 is 25.0 Å². The molecule has 0 bridgehead atoms. The molecule has 2 aromatic heterocycles. The molecule has 1 aliphatic heterocycles. The first kappa shape index (κ1) is 21.9. The Labute approximate surface area is 192 Å². The molecule has 1 aliphatic rings. The van der Waals surface area contributed by atoms with Crippen LogP contribution in [0.4, 0.5) is 5.13 Å². The number of aromatic carboxylic acids is 1. The van der Waals surface area contributed by atoms with Crippen molar-refractivity contribution in [2.75, 3.05) is 25.1 Å². The van der Waals surface area contributed by atoms with Gasteiger partial charge in [0, 0.05) is 25.9 Å². The van der Waals surface area contributed by atoms with Crippen molar-refractivity contribution in [2.24, 2.45) is 0 Å². The van der Waals surface area contributed by atoms with Gasteiger partial charge in [0.05, 0.1) is 38.0 Å². The minimum absolute atomic E-state index is 0.201. The van der Waals surface area contributed by atoms with Crippen molar-refractivity contribution in [2.45, 2.75) is 25.5 Å². The molecule has 0 aliphatic carbocycles. The Morgan fingerprint density at radius 1 is 1.35 bits per heavy atom. The van der Waals surface area contributed by atoms with Crippen LogP contribution in [-0.2, 0) is 4.74 Å². The van der Waals surface area contributed by atoms with Crippen LogP contribution in [-0.4, -0.2) is 59.3 Å². The Morgan fingerprint density at radius 3 is 2.77 bits per heavy atom. The summed E-state index contributed by atoms with van der Waals surface area (Å²) >= 11 is 13.6. The Bertz CT molecular complexity index is 1160.